The van der Waals surface area contributed by atoms with E-state index in [1.54, 1.807) is 11.8 Å². The maximum atomic E-state index is 12.2. The Labute approximate surface area is 109 Å². The van der Waals surface area contributed by atoms with Crippen LogP contribution in [0, 0.1) is 5.92 Å². The number of likely N-dealkylation sites (tertiary alicyclic amines) is 1. The molecule has 2 fully saturated rings. The summed E-state index contributed by atoms with van der Waals surface area (Å²) in [6.07, 6.45) is 1.30. The lowest BCUT2D eigenvalue weighted by atomic mass is 9.90. The highest BCUT2D eigenvalue weighted by molar-refractivity contribution is 8.14. The maximum Gasteiger partial charge on any atom is 0.308 e. The molecule has 2 N–H and O–H groups in total. The van der Waals surface area contributed by atoms with E-state index in [9.17, 15) is 14.4 Å². The Morgan fingerprint density at radius 2 is 2.22 bits per heavy atom. The molecule has 3 atom stereocenters. The first kappa shape index (κ1) is 13.2. The quantitative estimate of drug-likeness (QED) is 0.765. The summed E-state index contributed by atoms with van der Waals surface area (Å²) in [5.41, 5.74) is 0. The first-order chi connectivity index (χ1) is 8.50. The highest BCUT2D eigenvalue weighted by Gasteiger charge is 2.39. The van der Waals surface area contributed by atoms with Gasteiger partial charge in [0.05, 0.1) is 5.92 Å². The number of nitrogens with one attached hydrogen (secondary N) is 1. The van der Waals surface area contributed by atoms with Crippen LogP contribution < -0.4 is 5.32 Å². The molecule has 100 valence electrons. The summed E-state index contributed by atoms with van der Waals surface area (Å²) >= 11 is 1.09. The fourth-order valence-electron chi connectivity index (χ4n) is 2.50. The number of hydrogen-bond donors (Lipinski definition) is 2. The van der Waals surface area contributed by atoms with Gasteiger partial charge in [0.1, 0.15) is 6.04 Å². The molecule has 0 bridgehead atoms. The van der Waals surface area contributed by atoms with Gasteiger partial charge in [0.15, 0.2) is 0 Å². The number of carbonyl (C=O) groups excluding carboxylic acids is 2. The zero-order chi connectivity index (χ0) is 13.3. The average molecular weight is 272 g/mol. The van der Waals surface area contributed by atoms with Crippen molar-refractivity contribution in [1.29, 1.82) is 0 Å². The van der Waals surface area contributed by atoms with E-state index in [0.29, 0.717) is 25.1 Å². The van der Waals surface area contributed by atoms with Crippen LogP contribution >= 0.6 is 11.8 Å². The van der Waals surface area contributed by atoms with Gasteiger partial charge in [-0.05, 0) is 19.8 Å². The van der Waals surface area contributed by atoms with Crippen LogP contribution in [0.1, 0.15) is 19.8 Å². The molecule has 18 heavy (non-hydrogen) atoms. The van der Waals surface area contributed by atoms with Crippen molar-refractivity contribution in [1.82, 2.24) is 10.2 Å². The van der Waals surface area contributed by atoms with Crippen LogP contribution in [0.2, 0.25) is 0 Å². The number of thioether (sulfide) groups is 1. The fraction of sp³-hybridized carbons (Fsp3) is 0.727. The number of carboxylic acids is 1. The van der Waals surface area contributed by atoms with Gasteiger partial charge in [-0.15, -0.1) is 0 Å². The second-order valence-electron chi connectivity index (χ2n) is 4.65. The first-order valence-corrected chi connectivity index (χ1v) is 6.96. The molecule has 0 aliphatic carbocycles. The van der Waals surface area contributed by atoms with Gasteiger partial charge in [0.25, 0.3) is 5.24 Å². The zero-order valence-electron chi connectivity index (χ0n) is 10.1. The summed E-state index contributed by atoms with van der Waals surface area (Å²) in [5.74, 6) is -1.09. The van der Waals surface area contributed by atoms with Crippen molar-refractivity contribution in [2.45, 2.75) is 31.8 Å². The minimum absolute atomic E-state index is 0.160. The van der Waals surface area contributed by atoms with E-state index in [1.165, 1.54) is 0 Å². The number of hydrogen-bond acceptors (Lipinski definition) is 4. The Bertz CT molecular complexity index is 387. The van der Waals surface area contributed by atoms with Crippen LogP contribution in [-0.2, 0) is 9.59 Å². The predicted molar refractivity (Wildman–Crippen MR) is 66.3 cm³/mol. The van der Waals surface area contributed by atoms with Gasteiger partial charge >= 0.3 is 5.97 Å². The number of carboxylic acid groups (broad SMARTS) is 1. The number of aliphatic carboxylic acids is 1. The van der Waals surface area contributed by atoms with Crippen LogP contribution in [0.15, 0.2) is 0 Å². The number of amides is 2. The smallest absolute Gasteiger partial charge is 0.308 e. The van der Waals surface area contributed by atoms with Crippen molar-refractivity contribution < 1.29 is 19.5 Å². The highest BCUT2D eigenvalue weighted by atomic mass is 32.2. The van der Waals surface area contributed by atoms with Gasteiger partial charge in [0.2, 0.25) is 5.91 Å². The van der Waals surface area contributed by atoms with Crippen molar-refractivity contribution in [2.75, 3.05) is 12.3 Å². The summed E-state index contributed by atoms with van der Waals surface area (Å²) in [5, 5.41) is 11.5. The standard InChI is InChI=1S/C11H16N2O4S/c1-6-7(10(15)16)3-2-4-13(6)9(14)8-5-18-11(17)12-8/h6-8H,2-5H2,1H3,(H,12,17)(H,15,16)/t6-,7-,8+/m1/s1. The molecule has 0 unspecified atom stereocenters. The van der Waals surface area contributed by atoms with Crippen LogP contribution in [0.5, 0.6) is 0 Å². The van der Waals surface area contributed by atoms with Gasteiger partial charge < -0.3 is 15.3 Å². The molecular weight excluding hydrogens is 256 g/mol. The normalized spacial score (nSPS) is 32.2. The van der Waals surface area contributed by atoms with Crippen molar-refractivity contribution in [3.63, 3.8) is 0 Å². The molecule has 0 aromatic carbocycles. The zero-order valence-corrected chi connectivity index (χ0v) is 10.9. The molecule has 2 amide bonds. The lowest BCUT2D eigenvalue weighted by Crippen LogP contribution is -2.54. The third-order valence-electron chi connectivity index (χ3n) is 3.56. The molecule has 0 spiro atoms. The minimum atomic E-state index is -0.857. The molecule has 2 aliphatic heterocycles. The molecular formula is C11H16N2O4S. The van der Waals surface area contributed by atoms with E-state index in [-0.39, 0.29) is 17.2 Å². The van der Waals surface area contributed by atoms with Gasteiger partial charge in [-0.3, -0.25) is 14.4 Å². The van der Waals surface area contributed by atoms with Gasteiger partial charge in [-0.1, -0.05) is 11.8 Å². The summed E-state index contributed by atoms with van der Waals surface area (Å²) in [6, 6.07) is -0.816. The third-order valence-corrected chi connectivity index (χ3v) is 4.44. The molecule has 7 heteroatoms. The monoisotopic (exact) mass is 272 g/mol. The second kappa shape index (κ2) is 5.17. The Morgan fingerprint density at radius 1 is 1.50 bits per heavy atom. The van der Waals surface area contributed by atoms with Crippen molar-refractivity contribution in [3.8, 4) is 0 Å². The number of piperidine rings is 1. The maximum absolute atomic E-state index is 12.2. The van der Waals surface area contributed by atoms with Crippen molar-refractivity contribution in [3.05, 3.63) is 0 Å². The summed E-state index contributed by atoms with van der Waals surface area (Å²) < 4.78 is 0. The Kier molecular flexibility index (Phi) is 3.79. The van der Waals surface area contributed by atoms with Crippen molar-refractivity contribution in [2.24, 2.45) is 5.92 Å². The second-order valence-corrected chi connectivity index (χ2v) is 5.65. The van der Waals surface area contributed by atoms with E-state index in [2.05, 4.69) is 5.32 Å². The highest BCUT2D eigenvalue weighted by Crippen LogP contribution is 2.25. The van der Waals surface area contributed by atoms with Crippen molar-refractivity contribution >= 4 is 28.9 Å². The van der Waals surface area contributed by atoms with Crippen LogP contribution in [0.25, 0.3) is 0 Å². The molecule has 0 aromatic rings. The summed E-state index contributed by atoms with van der Waals surface area (Å²) in [4.78, 5) is 36.0. The van der Waals surface area contributed by atoms with Gasteiger partial charge in [0, 0.05) is 18.3 Å². The predicted octanol–water partition coefficient (Wildman–Crippen LogP) is 0.523. The molecule has 0 aromatic heterocycles. The molecule has 0 radical (unpaired) electrons. The molecule has 2 rings (SSSR count). The van der Waals surface area contributed by atoms with Crippen LogP contribution in [0.4, 0.5) is 4.79 Å². The summed E-state index contributed by atoms with van der Waals surface area (Å²) in [6.45, 7) is 2.33. The number of nitrogens with zero attached hydrogens (tertiary/aromatic N) is 1. The lowest BCUT2D eigenvalue weighted by molar-refractivity contribution is -0.149. The molecule has 2 aliphatic rings. The molecule has 2 saturated heterocycles. The van der Waals surface area contributed by atoms with E-state index >= 15 is 0 Å². The molecule has 0 saturated carbocycles. The Hall–Kier alpha value is -1.24. The van der Waals surface area contributed by atoms with Crippen LogP contribution in [0.3, 0.4) is 0 Å². The van der Waals surface area contributed by atoms with E-state index in [0.717, 1.165) is 11.8 Å². The third kappa shape index (κ3) is 2.45. The lowest BCUT2D eigenvalue weighted by Gasteiger charge is -2.38. The minimum Gasteiger partial charge on any atom is -0.481 e. The molecule has 2 heterocycles. The largest absolute Gasteiger partial charge is 0.481 e. The number of carbonyl (C=O) groups is 3. The topological polar surface area (TPSA) is 86.7 Å². The average Bonchev–Trinajstić information content (AvgIpc) is 2.75. The van der Waals surface area contributed by atoms with Gasteiger partial charge in [-0.25, -0.2) is 0 Å². The van der Waals surface area contributed by atoms with Gasteiger partial charge in [-0.2, -0.15) is 0 Å². The van der Waals surface area contributed by atoms with E-state index in [1.807, 2.05) is 0 Å². The fourth-order valence-corrected chi connectivity index (χ4v) is 3.27. The first-order valence-electron chi connectivity index (χ1n) is 5.97. The number of rotatable bonds is 2. The summed E-state index contributed by atoms with van der Waals surface area (Å²) in [7, 11) is 0. The van der Waals surface area contributed by atoms with E-state index < -0.39 is 17.9 Å². The molecule has 6 nitrogen and oxygen atoms in total. The van der Waals surface area contributed by atoms with Crippen LogP contribution in [-0.4, -0.2) is 51.5 Å². The Balaban J connectivity index is 2.05. The Morgan fingerprint density at radius 3 is 2.78 bits per heavy atom. The SMILES string of the molecule is C[C@@H]1[C@H](C(=O)O)CCCN1C(=O)[C@@H]1CSC(=O)N1. The van der Waals surface area contributed by atoms with E-state index in [4.69, 9.17) is 5.11 Å².